The topological polar surface area (TPSA) is 41.6 Å². The minimum absolute atomic E-state index is 0.282. The van der Waals surface area contributed by atoms with Crippen LogP contribution in [0.15, 0.2) is 4.99 Å². The van der Waals surface area contributed by atoms with Gasteiger partial charge in [0.25, 0.3) is 0 Å². The summed E-state index contributed by atoms with van der Waals surface area (Å²) in [7, 11) is 0. The maximum Gasteiger partial charge on any atom is 0.192 e. The lowest BCUT2D eigenvalue weighted by molar-refractivity contribution is 0.0797. The molecule has 0 bridgehead atoms. The molecule has 3 rings (SSSR count). The number of nitrogens with two attached hydrogens (primary N) is 1. The fourth-order valence-corrected chi connectivity index (χ4v) is 4.15. The third kappa shape index (κ3) is 1.84. The normalized spacial score (nSPS) is 37.9. The first-order valence-electron chi connectivity index (χ1n) is 7.22. The fraction of sp³-hybridized carbons (Fsp3) is 0.929. The van der Waals surface area contributed by atoms with E-state index in [2.05, 4.69) is 23.7 Å². The monoisotopic (exact) mass is 235 g/mol. The van der Waals surface area contributed by atoms with Gasteiger partial charge in [0.15, 0.2) is 5.96 Å². The van der Waals surface area contributed by atoms with Crippen molar-refractivity contribution in [2.45, 2.75) is 64.0 Å². The molecule has 17 heavy (non-hydrogen) atoms. The summed E-state index contributed by atoms with van der Waals surface area (Å²) in [5, 5.41) is 0. The predicted octanol–water partition coefficient (Wildman–Crippen LogP) is 2.36. The first kappa shape index (κ1) is 11.4. The van der Waals surface area contributed by atoms with Crippen LogP contribution in [-0.4, -0.2) is 29.0 Å². The van der Waals surface area contributed by atoms with Crippen molar-refractivity contribution in [2.75, 3.05) is 6.54 Å². The highest BCUT2D eigenvalue weighted by Crippen LogP contribution is 2.49. The van der Waals surface area contributed by atoms with Crippen molar-refractivity contribution >= 4 is 5.96 Å². The Morgan fingerprint density at radius 3 is 2.71 bits per heavy atom. The summed E-state index contributed by atoms with van der Waals surface area (Å²) in [6.45, 7) is 5.44. The molecule has 0 saturated heterocycles. The van der Waals surface area contributed by atoms with E-state index in [1.165, 1.54) is 38.5 Å². The van der Waals surface area contributed by atoms with E-state index in [0.717, 1.165) is 24.3 Å². The second kappa shape index (κ2) is 3.89. The molecular weight excluding hydrogens is 210 g/mol. The van der Waals surface area contributed by atoms with Crippen molar-refractivity contribution in [1.29, 1.82) is 0 Å². The molecule has 0 aromatic rings. The molecule has 2 saturated carbocycles. The SMILES string of the molecule is CC(C)N1C(N)=NCC12CCCC(C1CC1)C2. The van der Waals surface area contributed by atoms with Gasteiger partial charge in [-0.15, -0.1) is 0 Å². The van der Waals surface area contributed by atoms with Crippen LogP contribution in [0.1, 0.15) is 52.4 Å². The Bertz CT molecular complexity index is 332. The summed E-state index contributed by atoms with van der Waals surface area (Å²) in [5.74, 6) is 2.77. The Morgan fingerprint density at radius 1 is 1.29 bits per heavy atom. The van der Waals surface area contributed by atoms with Gasteiger partial charge in [0.2, 0.25) is 0 Å². The van der Waals surface area contributed by atoms with Gasteiger partial charge in [0, 0.05) is 6.04 Å². The standard InChI is InChI=1S/C14H25N3/c1-10(2)17-13(15)16-9-14(17)7-3-4-12(8-14)11-5-6-11/h10-12H,3-9H2,1-2H3,(H2,15,16). The van der Waals surface area contributed by atoms with Gasteiger partial charge in [0.05, 0.1) is 12.1 Å². The lowest BCUT2D eigenvalue weighted by Crippen LogP contribution is -2.56. The molecule has 1 heterocycles. The van der Waals surface area contributed by atoms with E-state index in [4.69, 9.17) is 5.73 Å². The average Bonchev–Trinajstić information content (AvgIpc) is 3.06. The Kier molecular flexibility index (Phi) is 2.60. The molecule has 2 N–H and O–H groups in total. The summed E-state index contributed by atoms with van der Waals surface area (Å²) in [6, 6.07) is 0.485. The van der Waals surface area contributed by atoms with Gasteiger partial charge in [-0.3, -0.25) is 4.99 Å². The zero-order valence-corrected chi connectivity index (χ0v) is 11.2. The van der Waals surface area contributed by atoms with E-state index in [-0.39, 0.29) is 5.54 Å². The summed E-state index contributed by atoms with van der Waals surface area (Å²) >= 11 is 0. The Balaban J connectivity index is 1.80. The van der Waals surface area contributed by atoms with E-state index in [9.17, 15) is 0 Å². The highest BCUT2D eigenvalue weighted by Gasteiger charge is 2.48. The molecule has 2 fully saturated rings. The molecule has 0 aromatic carbocycles. The van der Waals surface area contributed by atoms with Crippen LogP contribution >= 0.6 is 0 Å². The Labute approximate surface area is 104 Å². The van der Waals surface area contributed by atoms with Crippen molar-refractivity contribution in [1.82, 2.24) is 4.90 Å². The second-order valence-electron chi connectivity index (χ2n) is 6.56. The van der Waals surface area contributed by atoms with E-state index in [0.29, 0.717) is 6.04 Å². The third-order valence-electron chi connectivity index (χ3n) is 4.96. The summed E-state index contributed by atoms with van der Waals surface area (Å²) < 4.78 is 0. The van der Waals surface area contributed by atoms with Gasteiger partial charge in [0.1, 0.15) is 0 Å². The molecule has 3 heteroatoms. The molecule has 0 amide bonds. The van der Waals surface area contributed by atoms with Crippen molar-refractivity contribution in [2.24, 2.45) is 22.6 Å². The van der Waals surface area contributed by atoms with Gasteiger partial charge in [-0.05, 0) is 51.4 Å². The summed E-state index contributed by atoms with van der Waals surface area (Å²) in [5.41, 5.74) is 6.38. The van der Waals surface area contributed by atoms with Crippen LogP contribution in [-0.2, 0) is 0 Å². The molecule has 2 aliphatic carbocycles. The largest absolute Gasteiger partial charge is 0.370 e. The molecule has 3 nitrogen and oxygen atoms in total. The van der Waals surface area contributed by atoms with Crippen LogP contribution in [0, 0.1) is 11.8 Å². The summed E-state index contributed by atoms with van der Waals surface area (Å²) in [4.78, 5) is 6.97. The van der Waals surface area contributed by atoms with E-state index in [1.54, 1.807) is 0 Å². The van der Waals surface area contributed by atoms with Crippen LogP contribution in [0.2, 0.25) is 0 Å². The smallest absolute Gasteiger partial charge is 0.192 e. The molecule has 2 unspecified atom stereocenters. The van der Waals surface area contributed by atoms with Crippen molar-refractivity contribution in [3.8, 4) is 0 Å². The molecule has 1 aliphatic heterocycles. The molecule has 2 atom stereocenters. The lowest BCUT2D eigenvalue weighted by atomic mass is 9.73. The molecule has 96 valence electrons. The van der Waals surface area contributed by atoms with E-state index >= 15 is 0 Å². The van der Waals surface area contributed by atoms with Gasteiger partial charge in [-0.25, -0.2) is 0 Å². The maximum absolute atomic E-state index is 6.10. The van der Waals surface area contributed by atoms with Crippen LogP contribution < -0.4 is 5.73 Å². The number of aliphatic imine (C=N–C) groups is 1. The van der Waals surface area contributed by atoms with Gasteiger partial charge >= 0.3 is 0 Å². The number of guanidine groups is 1. The number of rotatable bonds is 2. The lowest BCUT2D eigenvalue weighted by Gasteiger charge is -2.47. The Morgan fingerprint density at radius 2 is 2.06 bits per heavy atom. The molecule has 0 radical (unpaired) electrons. The predicted molar refractivity (Wildman–Crippen MR) is 70.9 cm³/mol. The first-order valence-corrected chi connectivity index (χ1v) is 7.22. The molecule has 3 aliphatic rings. The zero-order chi connectivity index (χ0) is 12.0. The van der Waals surface area contributed by atoms with Crippen LogP contribution in [0.4, 0.5) is 0 Å². The van der Waals surface area contributed by atoms with Gasteiger partial charge in [-0.2, -0.15) is 0 Å². The Hall–Kier alpha value is -0.730. The minimum Gasteiger partial charge on any atom is -0.370 e. The third-order valence-corrected chi connectivity index (χ3v) is 4.96. The number of nitrogens with zero attached hydrogens (tertiary/aromatic N) is 2. The van der Waals surface area contributed by atoms with Gasteiger partial charge in [-0.1, -0.05) is 12.8 Å². The minimum atomic E-state index is 0.282. The average molecular weight is 235 g/mol. The quantitative estimate of drug-likeness (QED) is 0.798. The van der Waals surface area contributed by atoms with E-state index in [1.807, 2.05) is 0 Å². The maximum atomic E-state index is 6.10. The molecule has 0 aromatic heterocycles. The number of hydrogen-bond donors (Lipinski definition) is 1. The zero-order valence-electron chi connectivity index (χ0n) is 11.2. The van der Waals surface area contributed by atoms with Crippen molar-refractivity contribution in [3.05, 3.63) is 0 Å². The van der Waals surface area contributed by atoms with Gasteiger partial charge < -0.3 is 10.6 Å². The highest BCUT2D eigenvalue weighted by molar-refractivity contribution is 5.81. The first-order chi connectivity index (χ1) is 8.12. The molecule has 1 spiro atoms. The highest BCUT2D eigenvalue weighted by atomic mass is 15.4. The fourth-order valence-electron chi connectivity index (χ4n) is 4.15. The van der Waals surface area contributed by atoms with Crippen LogP contribution in [0.3, 0.4) is 0 Å². The van der Waals surface area contributed by atoms with E-state index < -0.39 is 0 Å². The molecular formula is C14H25N3. The summed E-state index contributed by atoms with van der Waals surface area (Å²) in [6.07, 6.45) is 8.38. The van der Waals surface area contributed by atoms with Crippen LogP contribution in [0.25, 0.3) is 0 Å². The van der Waals surface area contributed by atoms with Crippen molar-refractivity contribution in [3.63, 3.8) is 0 Å². The van der Waals surface area contributed by atoms with Crippen molar-refractivity contribution < 1.29 is 0 Å². The second-order valence-corrected chi connectivity index (χ2v) is 6.56. The number of hydrogen-bond acceptors (Lipinski definition) is 3. The van der Waals surface area contributed by atoms with Crippen LogP contribution in [0.5, 0.6) is 0 Å².